The molecule has 2 aromatic rings. The van der Waals surface area contributed by atoms with E-state index in [9.17, 15) is 0 Å². The number of nitrogens with zero attached hydrogens (tertiary/aromatic N) is 7. The zero-order chi connectivity index (χ0) is 17.5. The minimum absolute atomic E-state index is 0.482. The summed E-state index contributed by atoms with van der Waals surface area (Å²) in [6, 6.07) is 1.99. The third-order valence-electron chi connectivity index (χ3n) is 4.74. The molecular formula is C17H27N7O. The minimum Gasteiger partial charge on any atom is -0.378 e. The Morgan fingerprint density at radius 3 is 2.80 bits per heavy atom. The van der Waals surface area contributed by atoms with Crippen LogP contribution in [-0.4, -0.2) is 43.8 Å². The molecule has 2 heterocycles. The molecule has 0 amide bonds. The van der Waals surface area contributed by atoms with Gasteiger partial charge in [-0.15, -0.1) is 10.2 Å². The lowest BCUT2D eigenvalue weighted by atomic mass is 9.87. The second-order valence-corrected chi connectivity index (χ2v) is 6.71. The van der Waals surface area contributed by atoms with Crippen LogP contribution in [0.5, 0.6) is 0 Å². The van der Waals surface area contributed by atoms with Crippen molar-refractivity contribution in [2.24, 2.45) is 13.0 Å². The summed E-state index contributed by atoms with van der Waals surface area (Å²) < 4.78 is 5.19. The van der Waals surface area contributed by atoms with Gasteiger partial charge in [0.25, 0.3) is 0 Å². The highest BCUT2D eigenvalue weighted by Crippen LogP contribution is 2.27. The van der Waals surface area contributed by atoms with Gasteiger partial charge >= 0.3 is 0 Å². The molecule has 136 valence electrons. The summed E-state index contributed by atoms with van der Waals surface area (Å²) in [5, 5.41) is 12.4. The molecule has 25 heavy (non-hydrogen) atoms. The van der Waals surface area contributed by atoms with Gasteiger partial charge in [0.2, 0.25) is 0 Å². The van der Waals surface area contributed by atoms with Crippen LogP contribution in [0.2, 0.25) is 0 Å². The van der Waals surface area contributed by atoms with Gasteiger partial charge in [-0.3, -0.25) is 0 Å². The molecule has 0 spiro atoms. The van der Waals surface area contributed by atoms with E-state index in [1.807, 2.05) is 6.07 Å². The first-order valence-corrected chi connectivity index (χ1v) is 9.02. The van der Waals surface area contributed by atoms with Crippen molar-refractivity contribution in [3.8, 4) is 0 Å². The van der Waals surface area contributed by atoms with E-state index in [1.165, 1.54) is 43.3 Å². The van der Waals surface area contributed by atoms with E-state index in [0.717, 1.165) is 24.0 Å². The predicted molar refractivity (Wildman–Crippen MR) is 93.8 cm³/mol. The van der Waals surface area contributed by atoms with Crippen LogP contribution in [0.15, 0.2) is 12.4 Å². The summed E-state index contributed by atoms with van der Waals surface area (Å²) in [5.41, 5.74) is 0.877. The Bertz CT molecular complexity index is 654. The molecule has 1 aliphatic carbocycles. The maximum Gasteiger partial charge on any atom is 0.194 e. The lowest BCUT2D eigenvalue weighted by Crippen LogP contribution is -2.28. The second-order valence-electron chi connectivity index (χ2n) is 6.71. The number of anilines is 1. The number of ether oxygens (including phenoxy) is 1. The third-order valence-corrected chi connectivity index (χ3v) is 4.74. The average molecular weight is 345 g/mol. The fraction of sp³-hybridized carbons (Fsp3) is 0.706. The van der Waals surface area contributed by atoms with Crippen molar-refractivity contribution in [2.75, 3.05) is 18.6 Å². The summed E-state index contributed by atoms with van der Waals surface area (Å²) in [6.45, 7) is 2.02. The van der Waals surface area contributed by atoms with Gasteiger partial charge in [0, 0.05) is 19.7 Å². The van der Waals surface area contributed by atoms with E-state index in [-0.39, 0.29) is 0 Å². The van der Waals surface area contributed by atoms with E-state index < -0.39 is 0 Å². The van der Waals surface area contributed by atoms with Gasteiger partial charge in [-0.1, -0.05) is 32.1 Å². The number of methoxy groups -OCH3 is 1. The Labute approximate surface area is 148 Å². The number of aromatic nitrogens is 6. The zero-order valence-electron chi connectivity index (χ0n) is 15.1. The number of hydrogen-bond donors (Lipinski definition) is 0. The minimum atomic E-state index is 0.482. The molecule has 8 heteroatoms. The summed E-state index contributed by atoms with van der Waals surface area (Å²) in [6.07, 6.45) is 9.57. The van der Waals surface area contributed by atoms with Gasteiger partial charge < -0.3 is 9.64 Å². The smallest absolute Gasteiger partial charge is 0.194 e. The van der Waals surface area contributed by atoms with Crippen molar-refractivity contribution in [1.82, 2.24) is 30.2 Å². The first kappa shape index (κ1) is 17.7. The van der Waals surface area contributed by atoms with Crippen molar-refractivity contribution in [3.63, 3.8) is 0 Å². The van der Waals surface area contributed by atoms with Crippen LogP contribution in [0.3, 0.4) is 0 Å². The largest absolute Gasteiger partial charge is 0.378 e. The molecule has 3 rings (SSSR count). The third kappa shape index (κ3) is 5.19. The van der Waals surface area contributed by atoms with Gasteiger partial charge in [-0.05, 0) is 17.6 Å². The van der Waals surface area contributed by atoms with Gasteiger partial charge in [0.1, 0.15) is 12.1 Å². The monoisotopic (exact) mass is 345 g/mol. The lowest BCUT2D eigenvalue weighted by molar-refractivity contribution is 0.181. The number of tetrazole rings is 1. The fourth-order valence-electron chi connectivity index (χ4n) is 3.43. The molecule has 0 unspecified atom stereocenters. The van der Waals surface area contributed by atoms with Crippen molar-refractivity contribution in [3.05, 3.63) is 23.9 Å². The van der Waals surface area contributed by atoms with E-state index >= 15 is 0 Å². The van der Waals surface area contributed by atoms with E-state index in [0.29, 0.717) is 19.0 Å². The summed E-state index contributed by atoms with van der Waals surface area (Å²) in [7, 11) is 3.45. The highest BCUT2D eigenvalue weighted by molar-refractivity contribution is 5.38. The molecular weight excluding hydrogens is 318 g/mol. The van der Waals surface area contributed by atoms with Crippen molar-refractivity contribution in [1.29, 1.82) is 0 Å². The molecule has 0 bridgehead atoms. The molecule has 1 fully saturated rings. The first-order chi connectivity index (χ1) is 12.2. The standard InChI is InChI=1S/C17H27N7O/c1-23-21-16(20-22-23)11-24(9-8-14-6-4-3-5-7-14)17-10-15(12-25-2)18-13-19-17/h10,13-14H,3-9,11-12H2,1-2H3. The highest BCUT2D eigenvalue weighted by Gasteiger charge is 2.18. The Balaban J connectivity index is 1.71. The van der Waals surface area contributed by atoms with Crippen LogP contribution in [0.1, 0.15) is 50.0 Å². The molecule has 0 saturated heterocycles. The molecule has 0 aromatic carbocycles. The SMILES string of the molecule is COCc1cc(N(CCC2CCCCC2)Cc2nnn(C)n2)ncn1. The van der Waals surface area contributed by atoms with Crippen LogP contribution in [-0.2, 0) is 24.9 Å². The highest BCUT2D eigenvalue weighted by atomic mass is 16.5. The zero-order valence-corrected chi connectivity index (χ0v) is 15.1. The molecule has 1 saturated carbocycles. The van der Waals surface area contributed by atoms with Crippen LogP contribution in [0.25, 0.3) is 0 Å². The Hall–Kier alpha value is -2.09. The Morgan fingerprint density at radius 1 is 1.24 bits per heavy atom. The van der Waals surface area contributed by atoms with Crippen LogP contribution in [0, 0.1) is 5.92 Å². The van der Waals surface area contributed by atoms with E-state index in [4.69, 9.17) is 4.74 Å². The van der Waals surface area contributed by atoms with Crippen molar-refractivity contribution >= 4 is 5.82 Å². The van der Waals surface area contributed by atoms with E-state index in [1.54, 1.807) is 20.5 Å². The predicted octanol–water partition coefficient (Wildman–Crippen LogP) is 2.12. The van der Waals surface area contributed by atoms with E-state index in [2.05, 4.69) is 30.3 Å². The molecule has 0 radical (unpaired) electrons. The number of hydrogen-bond acceptors (Lipinski definition) is 7. The number of rotatable bonds is 8. The Morgan fingerprint density at radius 2 is 2.08 bits per heavy atom. The van der Waals surface area contributed by atoms with Crippen molar-refractivity contribution < 1.29 is 4.74 Å². The fourth-order valence-corrected chi connectivity index (χ4v) is 3.43. The number of aryl methyl sites for hydroxylation is 1. The quantitative estimate of drug-likeness (QED) is 0.725. The lowest BCUT2D eigenvalue weighted by Gasteiger charge is -2.27. The maximum atomic E-state index is 5.19. The van der Waals surface area contributed by atoms with Crippen molar-refractivity contribution in [2.45, 2.75) is 51.7 Å². The molecule has 2 aromatic heterocycles. The van der Waals surface area contributed by atoms with Crippen LogP contribution < -0.4 is 4.90 Å². The van der Waals surface area contributed by atoms with Gasteiger partial charge in [0.15, 0.2) is 5.82 Å². The van der Waals surface area contributed by atoms with Crippen LogP contribution >= 0.6 is 0 Å². The molecule has 1 aliphatic rings. The van der Waals surface area contributed by atoms with Gasteiger partial charge in [-0.25, -0.2) is 9.97 Å². The summed E-state index contributed by atoms with van der Waals surface area (Å²) in [5.74, 6) is 2.41. The molecule has 0 aliphatic heterocycles. The van der Waals surface area contributed by atoms with Crippen LogP contribution in [0.4, 0.5) is 5.82 Å². The first-order valence-electron chi connectivity index (χ1n) is 9.02. The Kier molecular flexibility index (Phi) is 6.27. The summed E-state index contributed by atoms with van der Waals surface area (Å²) in [4.78, 5) is 12.4. The topological polar surface area (TPSA) is 81.9 Å². The molecule has 0 N–H and O–H groups in total. The maximum absolute atomic E-state index is 5.19. The summed E-state index contributed by atoms with van der Waals surface area (Å²) >= 11 is 0. The average Bonchev–Trinajstić information content (AvgIpc) is 3.05. The molecule has 8 nitrogen and oxygen atoms in total. The normalized spacial score (nSPS) is 15.4. The van der Waals surface area contributed by atoms with Gasteiger partial charge in [-0.2, -0.15) is 4.80 Å². The van der Waals surface area contributed by atoms with Gasteiger partial charge in [0.05, 0.1) is 25.9 Å². The molecule has 0 atom stereocenters. The second kappa shape index (κ2) is 8.84.